The molecule has 4 N–H and O–H groups in total. The first-order chi connectivity index (χ1) is 9.35. The van der Waals surface area contributed by atoms with E-state index in [0.717, 1.165) is 11.6 Å². The lowest BCUT2D eigenvalue weighted by atomic mass is 10.2. The number of rotatable bonds is 4. The van der Waals surface area contributed by atoms with Crippen LogP contribution in [0.15, 0.2) is 23.2 Å². The monoisotopic (exact) mass is 298 g/mol. The fraction of sp³-hybridized carbons (Fsp3) is 0.250. The van der Waals surface area contributed by atoms with Gasteiger partial charge in [0, 0.05) is 5.56 Å². The lowest BCUT2D eigenvalue weighted by Gasteiger charge is -2.10. The van der Waals surface area contributed by atoms with Crippen LogP contribution in [0.25, 0.3) is 0 Å². The predicted octanol–water partition coefficient (Wildman–Crippen LogP) is 1.80. The molecular formula is C12H15FN4O2S. The molecule has 0 saturated carbocycles. The van der Waals surface area contributed by atoms with Gasteiger partial charge in [-0.05, 0) is 31.0 Å². The van der Waals surface area contributed by atoms with Gasteiger partial charge in [0.1, 0.15) is 11.6 Å². The third-order valence-electron chi connectivity index (χ3n) is 2.90. The quantitative estimate of drug-likeness (QED) is 0.749. The van der Waals surface area contributed by atoms with Crippen molar-refractivity contribution in [2.24, 2.45) is 0 Å². The Kier molecular flexibility index (Phi) is 3.67. The Bertz CT molecular complexity index is 717. The number of benzene rings is 1. The van der Waals surface area contributed by atoms with E-state index in [0.29, 0.717) is 12.2 Å². The lowest BCUT2D eigenvalue weighted by molar-refractivity contribution is 0.599. The van der Waals surface area contributed by atoms with E-state index in [-0.39, 0.29) is 16.1 Å². The van der Waals surface area contributed by atoms with Crippen molar-refractivity contribution in [2.75, 3.05) is 10.5 Å². The summed E-state index contributed by atoms with van der Waals surface area (Å²) in [5.74, 6) is -0.312. The van der Waals surface area contributed by atoms with Gasteiger partial charge in [-0.25, -0.2) is 12.8 Å². The van der Waals surface area contributed by atoms with Crippen molar-refractivity contribution in [3.63, 3.8) is 0 Å². The molecule has 0 saturated heterocycles. The molecule has 0 aliphatic rings. The minimum atomic E-state index is -3.85. The third-order valence-corrected chi connectivity index (χ3v) is 4.23. The molecule has 2 aromatic rings. The smallest absolute Gasteiger partial charge is 0.263 e. The number of halogens is 1. The normalized spacial score (nSPS) is 11.6. The van der Waals surface area contributed by atoms with Crippen LogP contribution in [0.3, 0.4) is 0 Å². The maximum Gasteiger partial charge on any atom is 0.263 e. The number of aryl methyl sites for hydroxylation is 2. The molecule has 8 heteroatoms. The highest BCUT2D eigenvalue weighted by molar-refractivity contribution is 7.92. The third kappa shape index (κ3) is 2.60. The van der Waals surface area contributed by atoms with Crippen molar-refractivity contribution >= 4 is 21.5 Å². The molecule has 0 radical (unpaired) electrons. The summed E-state index contributed by atoms with van der Waals surface area (Å²) in [7, 11) is -3.85. The van der Waals surface area contributed by atoms with Crippen molar-refractivity contribution < 1.29 is 12.8 Å². The van der Waals surface area contributed by atoms with E-state index in [2.05, 4.69) is 14.9 Å². The number of aromatic amines is 1. The zero-order valence-electron chi connectivity index (χ0n) is 11.1. The van der Waals surface area contributed by atoms with Crippen LogP contribution < -0.4 is 10.5 Å². The molecule has 0 bridgehead atoms. The van der Waals surface area contributed by atoms with Crippen LogP contribution >= 0.6 is 0 Å². The van der Waals surface area contributed by atoms with Gasteiger partial charge >= 0.3 is 0 Å². The first kappa shape index (κ1) is 14.3. The molecule has 1 aromatic carbocycles. The number of anilines is 2. The van der Waals surface area contributed by atoms with Gasteiger partial charge < -0.3 is 5.73 Å². The minimum absolute atomic E-state index is 0.0921. The van der Waals surface area contributed by atoms with Crippen LogP contribution in [-0.2, 0) is 16.4 Å². The number of nitrogen functional groups attached to an aromatic ring is 1. The lowest BCUT2D eigenvalue weighted by Crippen LogP contribution is -2.15. The Balaban J connectivity index is 2.41. The van der Waals surface area contributed by atoms with E-state index in [1.807, 2.05) is 6.92 Å². The van der Waals surface area contributed by atoms with Crippen molar-refractivity contribution in [1.29, 1.82) is 0 Å². The van der Waals surface area contributed by atoms with Gasteiger partial charge in [-0.1, -0.05) is 6.92 Å². The van der Waals surface area contributed by atoms with Crippen LogP contribution in [0.5, 0.6) is 0 Å². The molecule has 1 heterocycles. The Morgan fingerprint density at radius 2 is 2.15 bits per heavy atom. The molecular weight excluding hydrogens is 283 g/mol. The predicted molar refractivity (Wildman–Crippen MR) is 74.3 cm³/mol. The molecule has 0 fully saturated rings. The standard InChI is InChI=1S/C12H15FN4O2S/c1-3-8-6-15-16-12(8)17-20(18,19)9-4-7(2)11(13)10(14)5-9/h4-6H,3,14H2,1-2H3,(H2,15,16,17). The highest BCUT2D eigenvalue weighted by atomic mass is 32.2. The molecule has 0 aliphatic carbocycles. The second kappa shape index (κ2) is 5.12. The number of nitrogens with one attached hydrogen (secondary N) is 2. The van der Waals surface area contributed by atoms with E-state index < -0.39 is 15.8 Å². The van der Waals surface area contributed by atoms with Crippen molar-refractivity contribution in [1.82, 2.24) is 10.2 Å². The number of nitrogens with zero attached hydrogens (tertiary/aromatic N) is 1. The number of aromatic nitrogens is 2. The van der Waals surface area contributed by atoms with Crippen LogP contribution in [0.1, 0.15) is 18.1 Å². The van der Waals surface area contributed by atoms with Gasteiger partial charge in [0.05, 0.1) is 16.8 Å². The highest BCUT2D eigenvalue weighted by Gasteiger charge is 2.19. The average Bonchev–Trinajstić information content (AvgIpc) is 2.81. The summed E-state index contributed by atoms with van der Waals surface area (Å²) < 4.78 is 40.3. The van der Waals surface area contributed by atoms with Crippen molar-refractivity contribution in [3.05, 3.63) is 35.3 Å². The zero-order valence-corrected chi connectivity index (χ0v) is 11.9. The van der Waals surface area contributed by atoms with Crippen LogP contribution in [0, 0.1) is 12.7 Å². The molecule has 6 nitrogen and oxygen atoms in total. The summed E-state index contributed by atoms with van der Waals surface area (Å²) in [5, 5.41) is 6.36. The Hall–Kier alpha value is -2.09. The largest absolute Gasteiger partial charge is 0.396 e. The SMILES string of the molecule is CCc1cn[nH]c1NS(=O)(=O)c1cc(C)c(F)c(N)c1. The van der Waals surface area contributed by atoms with E-state index in [1.165, 1.54) is 13.0 Å². The van der Waals surface area contributed by atoms with Crippen LogP contribution in [0.2, 0.25) is 0 Å². The molecule has 0 atom stereocenters. The van der Waals surface area contributed by atoms with Crippen molar-refractivity contribution in [3.8, 4) is 0 Å². The number of hydrogen-bond donors (Lipinski definition) is 3. The second-order valence-corrected chi connectivity index (χ2v) is 6.06. The Morgan fingerprint density at radius 1 is 1.45 bits per heavy atom. The molecule has 0 amide bonds. The first-order valence-electron chi connectivity index (χ1n) is 5.96. The highest BCUT2D eigenvalue weighted by Crippen LogP contribution is 2.23. The van der Waals surface area contributed by atoms with Gasteiger partial charge in [-0.2, -0.15) is 5.10 Å². The van der Waals surface area contributed by atoms with Gasteiger partial charge in [0.2, 0.25) is 0 Å². The fourth-order valence-corrected chi connectivity index (χ4v) is 2.96. The number of nitrogens with two attached hydrogens (primary N) is 1. The van der Waals surface area contributed by atoms with Gasteiger partial charge in [-0.15, -0.1) is 0 Å². The maximum atomic E-state index is 13.4. The molecule has 0 unspecified atom stereocenters. The Morgan fingerprint density at radius 3 is 2.75 bits per heavy atom. The average molecular weight is 298 g/mol. The zero-order chi connectivity index (χ0) is 14.9. The molecule has 0 aliphatic heterocycles. The number of hydrogen-bond acceptors (Lipinski definition) is 4. The van der Waals surface area contributed by atoms with Crippen LogP contribution in [-0.4, -0.2) is 18.6 Å². The summed E-state index contributed by atoms with van der Waals surface area (Å²) in [6.45, 7) is 3.33. The fourth-order valence-electron chi connectivity index (χ4n) is 1.78. The number of H-pyrrole nitrogens is 1. The molecule has 2 rings (SSSR count). The Labute approximate surface area is 116 Å². The molecule has 0 spiro atoms. The second-order valence-electron chi connectivity index (χ2n) is 4.37. The summed E-state index contributed by atoms with van der Waals surface area (Å²) in [6, 6.07) is 2.32. The first-order valence-corrected chi connectivity index (χ1v) is 7.44. The summed E-state index contributed by atoms with van der Waals surface area (Å²) in [5.41, 5.74) is 6.17. The van der Waals surface area contributed by atoms with E-state index in [4.69, 9.17) is 5.73 Å². The molecule has 108 valence electrons. The minimum Gasteiger partial charge on any atom is -0.396 e. The van der Waals surface area contributed by atoms with Crippen molar-refractivity contribution in [2.45, 2.75) is 25.2 Å². The van der Waals surface area contributed by atoms with E-state index >= 15 is 0 Å². The molecule has 20 heavy (non-hydrogen) atoms. The summed E-state index contributed by atoms with van der Waals surface area (Å²) in [4.78, 5) is -0.0921. The molecule has 1 aromatic heterocycles. The number of sulfonamides is 1. The van der Waals surface area contributed by atoms with Gasteiger partial charge in [-0.3, -0.25) is 9.82 Å². The van der Waals surface area contributed by atoms with Gasteiger partial charge in [0.15, 0.2) is 0 Å². The van der Waals surface area contributed by atoms with Gasteiger partial charge in [0.25, 0.3) is 10.0 Å². The summed E-state index contributed by atoms with van der Waals surface area (Å²) in [6.07, 6.45) is 2.17. The van der Waals surface area contributed by atoms with Crippen LogP contribution in [0.4, 0.5) is 15.9 Å². The maximum absolute atomic E-state index is 13.4. The summed E-state index contributed by atoms with van der Waals surface area (Å²) >= 11 is 0. The van der Waals surface area contributed by atoms with E-state index in [9.17, 15) is 12.8 Å². The topological polar surface area (TPSA) is 101 Å². The van der Waals surface area contributed by atoms with E-state index in [1.54, 1.807) is 6.20 Å².